The van der Waals surface area contributed by atoms with Gasteiger partial charge in [-0.1, -0.05) is 12.1 Å². The average Bonchev–Trinajstić information content (AvgIpc) is 2.62. The first kappa shape index (κ1) is 17.6. The molecule has 1 N–H and O–H groups in total. The van der Waals surface area contributed by atoms with Gasteiger partial charge in [0.25, 0.3) is 5.88 Å². The fraction of sp³-hybridized carbons (Fsp3) is 0.211. The van der Waals surface area contributed by atoms with Gasteiger partial charge in [0.05, 0.1) is 6.10 Å². The summed E-state index contributed by atoms with van der Waals surface area (Å²) < 4.78 is 24.3. The van der Waals surface area contributed by atoms with E-state index in [9.17, 15) is 4.39 Å². The molecule has 3 aromatic rings. The van der Waals surface area contributed by atoms with Gasteiger partial charge in [0.15, 0.2) is 5.82 Å². The summed E-state index contributed by atoms with van der Waals surface area (Å²) in [5.41, 5.74) is 0.928. The van der Waals surface area contributed by atoms with Gasteiger partial charge >= 0.3 is 0 Å². The number of rotatable bonds is 7. The minimum absolute atomic E-state index is 0.00757. The number of nitrogens with zero attached hydrogens (tertiary/aromatic N) is 3. The second kappa shape index (κ2) is 8.24. The van der Waals surface area contributed by atoms with Crippen molar-refractivity contribution < 1.29 is 13.9 Å². The summed E-state index contributed by atoms with van der Waals surface area (Å²) in [7, 11) is 0. The van der Waals surface area contributed by atoms with E-state index in [0.29, 0.717) is 29.9 Å². The zero-order valence-electron chi connectivity index (χ0n) is 14.5. The molecule has 6 nitrogen and oxygen atoms in total. The topological polar surface area (TPSA) is 69.2 Å². The predicted molar refractivity (Wildman–Crippen MR) is 95.8 cm³/mol. The molecule has 0 spiro atoms. The highest BCUT2D eigenvalue weighted by Crippen LogP contribution is 2.22. The number of halogens is 1. The first-order valence-electron chi connectivity index (χ1n) is 8.20. The molecule has 0 saturated carbocycles. The smallest absolute Gasteiger partial charge is 0.257 e. The molecular formula is C19H19FN4O2. The Morgan fingerprint density at radius 2 is 1.92 bits per heavy atom. The van der Waals surface area contributed by atoms with Crippen molar-refractivity contribution in [2.75, 3.05) is 5.32 Å². The minimum Gasteiger partial charge on any atom is -0.472 e. The first-order valence-corrected chi connectivity index (χ1v) is 8.20. The summed E-state index contributed by atoms with van der Waals surface area (Å²) in [6.07, 6.45) is 4.88. The highest BCUT2D eigenvalue weighted by Gasteiger charge is 2.08. The standard InChI is InChI=1S/C19H19FN4O2/c1-13(2)25-19-18(21-8-9-22-19)24-12-14-6-7-17(23-11-14)26-16-5-3-4-15(20)10-16/h3-11,13H,12H2,1-2H3,(H,21,24). The van der Waals surface area contributed by atoms with E-state index in [1.807, 2.05) is 19.9 Å². The monoisotopic (exact) mass is 354 g/mol. The van der Waals surface area contributed by atoms with Crippen molar-refractivity contribution >= 4 is 5.82 Å². The normalized spacial score (nSPS) is 10.6. The van der Waals surface area contributed by atoms with E-state index in [1.165, 1.54) is 12.1 Å². The maximum atomic E-state index is 13.2. The van der Waals surface area contributed by atoms with Crippen molar-refractivity contribution in [1.29, 1.82) is 0 Å². The molecule has 0 fully saturated rings. The number of hydrogen-bond donors (Lipinski definition) is 1. The zero-order chi connectivity index (χ0) is 18.4. The van der Waals surface area contributed by atoms with Crippen LogP contribution in [0.2, 0.25) is 0 Å². The number of anilines is 1. The Labute approximate surface area is 151 Å². The van der Waals surface area contributed by atoms with Gasteiger partial charge in [-0.25, -0.2) is 19.3 Å². The van der Waals surface area contributed by atoms with Crippen LogP contribution in [0.1, 0.15) is 19.4 Å². The number of pyridine rings is 1. The zero-order valence-corrected chi connectivity index (χ0v) is 14.5. The van der Waals surface area contributed by atoms with E-state index in [1.54, 1.807) is 36.8 Å². The summed E-state index contributed by atoms with van der Waals surface area (Å²) >= 11 is 0. The number of aromatic nitrogens is 3. The van der Waals surface area contributed by atoms with E-state index in [-0.39, 0.29) is 11.9 Å². The molecule has 0 aliphatic rings. The fourth-order valence-electron chi connectivity index (χ4n) is 2.17. The molecule has 3 rings (SSSR count). The van der Waals surface area contributed by atoms with Gasteiger partial charge in [-0.05, 0) is 31.5 Å². The lowest BCUT2D eigenvalue weighted by Gasteiger charge is -2.13. The molecule has 0 saturated heterocycles. The van der Waals surface area contributed by atoms with Crippen LogP contribution in [0.3, 0.4) is 0 Å². The molecule has 0 bridgehead atoms. The minimum atomic E-state index is -0.355. The Morgan fingerprint density at radius 3 is 2.65 bits per heavy atom. The molecule has 26 heavy (non-hydrogen) atoms. The second-order valence-corrected chi connectivity index (χ2v) is 5.79. The Hall–Kier alpha value is -3.22. The number of benzene rings is 1. The van der Waals surface area contributed by atoms with Crippen LogP contribution in [0.5, 0.6) is 17.5 Å². The van der Waals surface area contributed by atoms with E-state index in [0.717, 1.165) is 5.56 Å². The fourth-order valence-corrected chi connectivity index (χ4v) is 2.17. The number of hydrogen-bond acceptors (Lipinski definition) is 6. The third kappa shape index (κ3) is 4.89. The van der Waals surface area contributed by atoms with E-state index < -0.39 is 0 Å². The third-order valence-electron chi connectivity index (χ3n) is 3.29. The number of ether oxygens (including phenoxy) is 2. The van der Waals surface area contributed by atoms with Gasteiger partial charge in [0.1, 0.15) is 11.6 Å². The molecule has 2 aromatic heterocycles. The third-order valence-corrected chi connectivity index (χ3v) is 3.29. The van der Waals surface area contributed by atoms with Crippen molar-refractivity contribution in [2.24, 2.45) is 0 Å². The molecule has 7 heteroatoms. The summed E-state index contributed by atoms with van der Waals surface area (Å²) in [5, 5.41) is 3.18. The lowest BCUT2D eigenvalue weighted by Crippen LogP contribution is -2.11. The maximum Gasteiger partial charge on any atom is 0.257 e. The van der Waals surface area contributed by atoms with Crippen LogP contribution in [0, 0.1) is 5.82 Å². The molecule has 134 valence electrons. The summed E-state index contributed by atoms with van der Waals surface area (Å²) in [5.74, 6) is 1.47. The predicted octanol–water partition coefficient (Wildman–Crippen LogP) is 4.20. The molecule has 2 heterocycles. The summed E-state index contributed by atoms with van der Waals surface area (Å²) in [6.45, 7) is 4.36. The van der Waals surface area contributed by atoms with Crippen molar-refractivity contribution in [3.8, 4) is 17.5 Å². The SMILES string of the molecule is CC(C)Oc1nccnc1NCc1ccc(Oc2cccc(F)c2)nc1. The molecule has 1 aromatic carbocycles. The van der Waals surface area contributed by atoms with Gasteiger partial charge in [-0.3, -0.25) is 0 Å². The first-order chi connectivity index (χ1) is 12.6. The van der Waals surface area contributed by atoms with Gasteiger partial charge in [0, 0.05) is 37.3 Å². The Kier molecular flexibility index (Phi) is 5.58. The Balaban J connectivity index is 1.61. The van der Waals surface area contributed by atoms with Crippen LogP contribution in [0.15, 0.2) is 55.0 Å². The van der Waals surface area contributed by atoms with Crippen LogP contribution in [-0.4, -0.2) is 21.1 Å². The quantitative estimate of drug-likeness (QED) is 0.686. The molecule has 0 unspecified atom stereocenters. The van der Waals surface area contributed by atoms with Crippen molar-refractivity contribution in [3.63, 3.8) is 0 Å². The lowest BCUT2D eigenvalue weighted by atomic mass is 10.3. The van der Waals surface area contributed by atoms with Crippen LogP contribution in [0.25, 0.3) is 0 Å². The van der Waals surface area contributed by atoms with Crippen molar-refractivity contribution in [1.82, 2.24) is 15.0 Å². The molecular weight excluding hydrogens is 335 g/mol. The average molecular weight is 354 g/mol. The van der Waals surface area contributed by atoms with Crippen molar-refractivity contribution in [3.05, 3.63) is 66.4 Å². The molecule has 0 aliphatic heterocycles. The summed E-state index contributed by atoms with van der Waals surface area (Å²) in [4.78, 5) is 12.7. The highest BCUT2D eigenvalue weighted by atomic mass is 19.1. The van der Waals surface area contributed by atoms with Gasteiger partial charge in [0.2, 0.25) is 5.88 Å². The second-order valence-electron chi connectivity index (χ2n) is 5.79. The highest BCUT2D eigenvalue weighted by molar-refractivity contribution is 5.45. The van der Waals surface area contributed by atoms with Crippen LogP contribution in [0.4, 0.5) is 10.2 Å². The Morgan fingerprint density at radius 1 is 1.08 bits per heavy atom. The van der Waals surface area contributed by atoms with Crippen LogP contribution in [-0.2, 0) is 6.54 Å². The van der Waals surface area contributed by atoms with Crippen LogP contribution < -0.4 is 14.8 Å². The maximum absolute atomic E-state index is 13.2. The lowest BCUT2D eigenvalue weighted by molar-refractivity contribution is 0.233. The van der Waals surface area contributed by atoms with Crippen molar-refractivity contribution in [2.45, 2.75) is 26.5 Å². The number of nitrogens with one attached hydrogen (secondary N) is 1. The van der Waals surface area contributed by atoms with E-state index >= 15 is 0 Å². The Bertz CT molecular complexity index is 856. The van der Waals surface area contributed by atoms with Crippen LogP contribution >= 0.6 is 0 Å². The molecule has 0 atom stereocenters. The van der Waals surface area contributed by atoms with E-state index in [4.69, 9.17) is 9.47 Å². The molecule has 0 aliphatic carbocycles. The van der Waals surface area contributed by atoms with Gasteiger partial charge in [-0.2, -0.15) is 0 Å². The molecule has 0 radical (unpaired) electrons. The van der Waals surface area contributed by atoms with Gasteiger partial charge in [-0.15, -0.1) is 0 Å². The summed E-state index contributed by atoms with van der Waals surface area (Å²) in [6, 6.07) is 9.52. The van der Waals surface area contributed by atoms with E-state index in [2.05, 4.69) is 20.3 Å². The molecule has 0 amide bonds. The largest absolute Gasteiger partial charge is 0.472 e. The van der Waals surface area contributed by atoms with Gasteiger partial charge < -0.3 is 14.8 Å².